The molecule has 4 rings (SSSR count). The number of carbonyl (C=O) groups is 2. The van der Waals surface area contributed by atoms with Gasteiger partial charge in [-0.05, 0) is 68.6 Å². The third kappa shape index (κ3) is 6.89. The van der Waals surface area contributed by atoms with E-state index in [0.717, 1.165) is 56.5 Å². The van der Waals surface area contributed by atoms with Gasteiger partial charge < -0.3 is 10.6 Å². The van der Waals surface area contributed by atoms with Gasteiger partial charge in [0.1, 0.15) is 0 Å². The monoisotopic (exact) mass is 537 g/mol. The number of anilines is 1. The van der Waals surface area contributed by atoms with Crippen LogP contribution in [0.1, 0.15) is 66.4 Å². The fourth-order valence-corrected chi connectivity index (χ4v) is 5.12. The lowest BCUT2D eigenvalue weighted by Crippen LogP contribution is -2.44. The van der Waals surface area contributed by atoms with E-state index in [1.54, 1.807) is 18.2 Å². The maximum Gasteiger partial charge on any atom is 0.458 e. The minimum absolute atomic E-state index is 0.0290. The highest BCUT2D eigenvalue weighted by Gasteiger charge is 2.58. The molecule has 1 saturated heterocycles. The molecule has 2 N–H and O–H groups in total. The summed E-state index contributed by atoms with van der Waals surface area (Å²) in [5, 5.41) is 5.89. The maximum absolute atomic E-state index is 13.5. The average Bonchev–Trinajstić information content (AvgIpc) is 2.89. The van der Waals surface area contributed by atoms with Crippen molar-refractivity contribution in [2.75, 3.05) is 18.4 Å². The molecule has 0 atom stereocenters. The summed E-state index contributed by atoms with van der Waals surface area (Å²) in [5.74, 6) is -5.42. The predicted octanol–water partition coefficient (Wildman–Crippen LogP) is 6.25. The van der Waals surface area contributed by atoms with Gasteiger partial charge in [0, 0.05) is 35.3 Å². The van der Waals surface area contributed by atoms with Crippen LogP contribution < -0.4 is 10.6 Å². The van der Waals surface area contributed by atoms with Gasteiger partial charge in [-0.1, -0.05) is 43.5 Å². The summed E-state index contributed by atoms with van der Waals surface area (Å²) in [7, 11) is 0. The second-order valence-corrected chi connectivity index (χ2v) is 10.2. The van der Waals surface area contributed by atoms with E-state index in [4.69, 9.17) is 0 Å². The van der Waals surface area contributed by atoms with Crippen LogP contribution in [-0.4, -0.2) is 42.0 Å². The van der Waals surface area contributed by atoms with Crippen LogP contribution in [0.4, 0.5) is 27.6 Å². The van der Waals surface area contributed by atoms with Crippen molar-refractivity contribution in [1.29, 1.82) is 0 Å². The van der Waals surface area contributed by atoms with Gasteiger partial charge in [0.2, 0.25) is 5.91 Å². The summed E-state index contributed by atoms with van der Waals surface area (Å²) >= 11 is 0. The first kappa shape index (κ1) is 28.0. The number of nitrogens with one attached hydrogen (secondary N) is 2. The van der Waals surface area contributed by atoms with Gasteiger partial charge in [-0.2, -0.15) is 22.0 Å². The van der Waals surface area contributed by atoms with Gasteiger partial charge in [0.05, 0.1) is 0 Å². The normalized spacial score (nSPS) is 18.2. The van der Waals surface area contributed by atoms with Crippen molar-refractivity contribution in [3.63, 3.8) is 0 Å². The fourth-order valence-electron chi connectivity index (χ4n) is 5.12. The Labute approximate surface area is 218 Å². The van der Waals surface area contributed by atoms with Gasteiger partial charge in [-0.25, -0.2) is 0 Å². The first-order valence-electron chi connectivity index (χ1n) is 13.0. The van der Waals surface area contributed by atoms with Crippen molar-refractivity contribution in [1.82, 2.24) is 10.2 Å². The lowest BCUT2D eigenvalue weighted by atomic mass is 9.92. The Morgan fingerprint density at radius 3 is 2.16 bits per heavy atom. The van der Waals surface area contributed by atoms with E-state index in [1.165, 1.54) is 19.3 Å². The zero-order valence-corrected chi connectivity index (χ0v) is 21.0. The van der Waals surface area contributed by atoms with E-state index in [2.05, 4.69) is 15.5 Å². The minimum atomic E-state index is -5.71. The van der Waals surface area contributed by atoms with Crippen molar-refractivity contribution in [3.8, 4) is 0 Å². The third-order valence-corrected chi connectivity index (χ3v) is 7.37. The topological polar surface area (TPSA) is 61.4 Å². The molecule has 1 saturated carbocycles. The fraction of sp³-hybridized carbons (Fsp3) is 0.500. The number of rotatable bonds is 7. The number of piperidine rings is 1. The molecule has 0 radical (unpaired) electrons. The van der Waals surface area contributed by atoms with Crippen LogP contribution in [-0.2, 0) is 17.3 Å². The molecule has 38 heavy (non-hydrogen) atoms. The van der Waals surface area contributed by atoms with E-state index in [0.29, 0.717) is 30.4 Å². The highest BCUT2D eigenvalue weighted by Crippen LogP contribution is 2.43. The van der Waals surface area contributed by atoms with Crippen LogP contribution >= 0.6 is 0 Å². The van der Waals surface area contributed by atoms with Crippen LogP contribution in [0, 0.1) is 5.92 Å². The van der Waals surface area contributed by atoms with E-state index in [1.807, 2.05) is 6.07 Å². The quantitative estimate of drug-likeness (QED) is 0.411. The van der Waals surface area contributed by atoms with Crippen LogP contribution in [0.15, 0.2) is 48.5 Å². The largest absolute Gasteiger partial charge is 0.458 e. The van der Waals surface area contributed by atoms with Crippen molar-refractivity contribution in [2.45, 2.75) is 69.6 Å². The van der Waals surface area contributed by atoms with Crippen LogP contribution in [0.25, 0.3) is 0 Å². The predicted molar refractivity (Wildman–Crippen MR) is 134 cm³/mol. The Balaban J connectivity index is 1.28. The first-order chi connectivity index (χ1) is 18.0. The Morgan fingerprint density at radius 2 is 1.53 bits per heavy atom. The molecule has 0 unspecified atom stereocenters. The van der Waals surface area contributed by atoms with E-state index < -0.39 is 23.6 Å². The smallest absolute Gasteiger partial charge is 0.353 e. The zero-order valence-electron chi connectivity index (χ0n) is 21.0. The molecule has 206 valence electrons. The van der Waals surface area contributed by atoms with Gasteiger partial charge in [0.25, 0.3) is 5.91 Å². The van der Waals surface area contributed by atoms with Gasteiger partial charge in [-0.15, -0.1) is 0 Å². The summed E-state index contributed by atoms with van der Waals surface area (Å²) in [6.45, 7) is 2.21. The molecule has 1 aliphatic carbocycles. The lowest BCUT2D eigenvalue weighted by Gasteiger charge is -2.32. The van der Waals surface area contributed by atoms with Crippen LogP contribution in [0.2, 0.25) is 0 Å². The first-order valence-corrected chi connectivity index (χ1v) is 13.0. The molecule has 2 amide bonds. The Kier molecular flexibility index (Phi) is 8.70. The van der Waals surface area contributed by atoms with Crippen molar-refractivity contribution in [3.05, 3.63) is 65.2 Å². The average molecular weight is 538 g/mol. The number of alkyl halides is 5. The Bertz CT molecular complexity index is 1110. The second-order valence-electron chi connectivity index (χ2n) is 10.2. The second kappa shape index (κ2) is 11.8. The summed E-state index contributed by atoms with van der Waals surface area (Å²) in [5.41, 5.74) is 0.177. The molecule has 5 nitrogen and oxygen atoms in total. The summed E-state index contributed by atoms with van der Waals surface area (Å²) < 4.78 is 64.7. The number of nitrogens with zero attached hydrogens (tertiary/aromatic N) is 1. The number of halogens is 5. The molecule has 2 fully saturated rings. The minimum Gasteiger partial charge on any atom is -0.353 e. The molecule has 0 spiro atoms. The molecule has 2 aliphatic rings. The van der Waals surface area contributed by atoms with Crippen molar-refractivity contribution >= 4 is 17.5 Å². The Morgan fingerprint density at radius 1 is 0.868 bits per heavy atom. The zero-order chi connectivity index (χ0) is 27.3. The van der Waals surface area contributed by atoms with E-state index in [9.17, 15) is 31.5 Å². The summed E-state index contributed by atoms with van der Waals surface area (Å²) in [6, 6.07) is 10.6. The summed E-state index contributed by atoms with van der Waals surface area (Å²) in [6.07, 6.45) is 1.60. The molecule has 2 aromatic rings. The van der Waals surface area contributed by atoms with Crippen molar-refractivity contribution < 1.29 is 31.5 Å². The molecule has 0 bridgehead atoms. The molecule has 0 aromatic heterocycles. The number of carbonyl (C=O) groups excluding carboxylic acids is 2. The maximum atomic E-state index is 13.5. The van der Waals surface area contributed by atoms with Crippen LogP contribution in [0.3, 0.4) is 0 Å². The number of hydrogen-bond acceptors (Lipinski definition) is 3. The molecular formula is C28H32F5N3O2. The van der Waals surface area contributed by atoms with Crippen molar-refractivity contribution in [2.24, 2.45) is 5.92 Å². The van der Waals surface area contributed by atoms with E-state index in [-0.39, 0.29) is 17.4 Å². The van der Waals surface area contributed by atoms with Gasteiger partial charge >= 0.3 is 12.1 Å². The molecule has 10 heteroatoms. The summed E-state index contributed by atoms with van der Waals surface area (Å²) in [4.78, 5) is 27.5. The number of benzene rings is 2. The molecule has 1 aliphatic heterocycles. The Hall–Kier alpha value is -3.01. The SMILES string of the molecule is O=C(Nc1cccc(CN2CCC(C(=O)NC3CCCCC3)CC2)c1)c1ccc(C(F)(F)C(F)(F)F)cc1. The number of hydrogen-bond donors (Lipinski definition) is 2. The highest BCUT2D eigenvalue weighted by atomic mass is 19.4. The number of likely N-dealkylation sites (tertiary alicyclic amines) is 1. The molecule has 1 heterocycles. The lowest BCUT2D eigenvalue weighted by molar-refractivity contribution is -0.289. The highest BCUT2D eigenvalue weighted by molar-refractivity contribution is 6.04. The van der Waals surface area contributed by atoms with Gasteiger partial charge in [0.15, 0.2) is 0 Å². The standard InChI is InChI=1S/C28H32F5N3O2/c29-27(30,28(31,32)33)22-11-9-20(10-12-22)25(37)35-24-8-4-5-19(17-24)18-36-15-13-21(14-16-36)26(38)34-23-6-2-1-3-7-23/h4-5,8-12,17,21,23H,1-3,6-7,13-16,18H2,(H,34,38)(H,35,37). The molecular weight excluding hydrogens is 505 g/mol. The molecule has 2 aromatic carbocycles. The van der Waals surface area contributed by atoms with Crippen LogP contribution in [0.5, 0.6) is 0 Å². The number of amides is 2. The van der Waals surface area contributed by atoms with E-state index >= 15 is 0 Å². The third-order valence-electron chi connectivity index (χ3n) is 7.37. The van der Waals surface area contributed by atoms with Gasteiger partial charge in [-0.3, -0.25) is 14.5 Å².